The minimum absolute atomic E-state index is 0.186. The predicted molar refractivity (Wildman–Crippen MR) is 46.6 cm³/mol. The van der Waals surface area contributed by atoms with Gasteiger partial charge in [0.25, 0.3) is 0 Å². The molecule has 1 heterocycles. The Balaban J connectivity index is 2.47. The van der Waals surface area contributed by atoms with Gasteiger partial charge in [0, 0.05) is 17.8 Å². The quantitative estimate of drug-likeness (QED) is 0.590. The number of halogens is 1. The first-order valence-electron chi connectivity index (χ1n) is 4.16. The van der Waals surface area contributed by atoms with Crippen molar-refractivity contribution in [2.24, 2.45) is 11.8 Å². The summed E-state index contributed by atoms with van der Waals surface area (Å²) in [6.45, 7) is 4.96. The summed E-state index contributed by atoms with van der Waals surface area (Å²) >= 11 is 5.95. The zero-order valence-electron chi connectivity index (χ0n) is 7.05. The Labute approximate surface area is 72.9 Å². The van der Waals surface area contributed by atoms with E-state index in [2.05, 4.69) is 19.2 Å². The molecule has 1 aliphatic rings. The maximum absolute atomic E-state index is 9.49. The fourth-order valence-electron chi connectivity index (χ4n) is 1.54. The van der Waals surface area contributed by atoms with E-state index in [-0.39, 0.29) is 11.6 Å². The smallest absolute Gasteiger partial charge is 0.108 e. The van der Waals surface area contributed by atoms with E-state index in [1.807, 2.05) is 0 Å². The molecule has 3 atom stereocenters. The average molecular weight is 178 g/mol. The maximum Gasteiger partial charge on any atom is 0.108 e. The standard InChI is InChI=1S/C8H16ClNO/c1-5(2)7-3-6(9)4-10-8(7)11/h5-8,10-11H,3-4H2,1-2H3. The van der Waals surface area contributed by atoms with Crippen LogP contribution < -0.4 is 5.32 Å². The number of aliphatic hydroxyl groups excluding tert-OH is 1. The second kappa shape index (κ2) is 3.74. The van der Waals surface area contributed by atoms with Crippen molar-refractivity contribution in [2.75, 3.05) is 6.54 Å². The molecule has 0 spiro atoms. The van der Waals surface area contributed by atoms with Crippen LogP contribution >= 0.6 is 11.6 Å². The van der Waals surface area contributed by atoms with Crippen LogP contribution in [-0.2, 0) is 0 Å². The van der Waals surface area contributed by atoms with Crippen molar-refractivity contribution in [1.29, 1.82) is 0 Å². The Kier molecular flexibility index (Phi) is 3.16. The minimum Gasteiger partial charge on any atom is -0.378 e. The average Bonchev–Trinajstić information content (AvgIpc) is 1.94. The molecule has 1 saturated heterocycles. The highest BCUT2D eigenvalue weighted by molar-refractivity contribution is 6.20. The molecule has 11 heavy (non-hydrogen) atoms. The van der Waals surface area contributed by atoms with Crippen molar-refractivity contribution >= 4 is 11.6 Å². The van der Waals surface area contributed by atoms with Crippen LogP contribution in [0.25, 0.3) is 0 Å². The Morgan fingerprint density at radius 1 is 1.55 bits per heavy atom. The third-order valence-corrected chi connectivity index (χ3v) is 2.67. The number of aliphatic hydroxyl groups is 1. The van der Waals surface area contributed by atoms with Crippen molar-refractivity contribution in [3.63, 3.8) is 0 Å². The highest BCUT2D eigenvalue weighted by atomic mass is 35.5. The number of rotatable bonds is 1. The van der Waals surface area contributed by atoms with Crippen molar-refractivity contribution in [1.82, 2.24) is 5.32 Å². The van der Waals surface area contributed by atoms with Crippen LogP contribution in [0.2, 0.25) is 0 Å². The summed E-state index contributed by atoms with van der Waals surface area (Å²) in [5.74, 6) is 0.810. The summed E-state index contributed by atoms with van der Waals surface area (Å²) in [5, 5.41) is 12.7. The van der Waals surface area contributed by atoms with E-state index < -0.39 is 0 Å². The Hall–Kier alpha value is 0.210. The number of hydrogen-bond donors (Lipinski definition) is 2. The van der Waals surface area contributed by atoms with Crippen LogP contribution in [-0.4, -0.2) is 23.3 Å². The largest absolute Gasteiger partial charge is 0.378 e. The van der Waals surface area contributed by atoms with Crippen LogP contribution in [0.4, 0.5) is 0 Å². The van der Waals surface area contributed by atoms with Gasteiger partial charge < -0.3 is 5.11 Å². The summed E-state index contributed by atoms with van der Waals surface area (Å²) in [7, 11) is 0. The zero-order valence-corrected chi connectivity index (χ0v) is 7.80. The summed E-state index contributed by atoms with van der Waals surface area (Å²) in [4.78, 5) is 0. The predicted octanol–water partition coefficient (Wildman–Crippen LogP) is 1.18. The second-order valence-corrected chi connectivity index (χ2v) is 4.21. The molecule has 66 valence electrons. The van der Waals surface area contributed by atoms with Gasteiger partial charge in [-0.3, -0.25) is 5.32 Å². The molecule has 3 heteroatoms. The Morgan fingerprint density at radius 3 is 2.64 bits per heavy atom. The molecule has 1 aliphatic heterocycles. The monoisotopic (exact) mass is 177 g/mol. The van der Waals surface area contributed by atoms with Crippen molar-refractivity contribution < 1.29 is 5.11 Å². The molecule has 0 aliphatic carbocycles. The third kappa shape index (κ3) is 2.32. The van der Waals surface area contributed by atoms with E-state index in [1.54, 1.807) is 0 Å². The molecular formula is C8H16ClNO. The van der Waals surface area contributed by atoms with E-state index in [1.165, 1.54) is 0 Å². The van der Waals surface area contributed by atoms with Gasteiger partial charge in [-0.25, -0.2) is 0 Å². The van der Waals surface area contributed by atoms with Crippen LogP contribution in [0.5, 0.6) is 0 Å². The first-order valence-corrected chi connectivity index (χ1v) is 4.60. The van der Waals surface area contributed by atoms with Crippen LogP contribution in [0.1, 0.15) is 20.3 Å². The fraction of sp³-hybridized carbons (Fsp3) is 1.00. The van der Waals surface area contributed by atoms with Gasteiger partial charge in [-0.05, 0) is 12.3 Å². The third-order valence-electron chi connectivity index (χ3n) is 2.34. The maximum atomic E-state index is 9.49. The Bertz CT molecular complexity index is 129. The molecule has 0 amide bonds. The van der Waals surface area contributed by atoms with Crippen LogP contribution in [0.15, 0.2) is 0 Å². The molecule has 0 saturated carbocycles. The van der Waals surface area contributed by atoms with Gasteiger partial charge in [-0.15, -0.1) is 11.6 Å². The molecule has 0 aromatic heterocycles. The summed E-state index contributed by atoms with van der Waals surface area (Å²) in [5.41, 5.74) is 0. The molecule has 2 nitrogen and oxygen atoms in total. The number of piperidine rings is 1. The van der Waals surface area contributed by atoms with Crippen LogP contribution in [0.3, 0.4) is 0 Å². The number of alkyl halides is 1. The van der Waals surface area contributed by atoms with E-state index >= 15 is 0 Å². The SMILES string of the molecule is CC(C)C1CC(Cl)CNC1O. The van der Waals surface area contributed by atoms with Gasteiger partial charge in [0.1, 0.15) is 6.23 Å². The minimum atomic E-state index is -0.356. The van der Waals surface area contributed by atoms with Crippen molar-refractivity contribution in [2.45, 2.75) is 31.9 Å². The van der Waals surface area contributed by atoms with Crippen molar-refractivity contribution in [3.8, 4) is 0 Å². The topological polar surface area (TPSA) is 32.3 Å². The van der Waals surface area contributed by atoms with Gasteiger partial charge >= 0.3 is 0 Å². The normalized spacial score (nSPS) is 39.5. The molecule has 0 aromatic rings. The van der Waals surface area contributed by atoms with Gasteiger partial charge in [-0.1, -0.05) is 13.8 Å². The molecule has 3 unspecified atom stereocenters. The second-order valence-electron chi connectivity index (χ2n) is 3.59. The molecule has 1 fully saturated rings. The van der Waals surface area contributed by atoms with Gasteiger partial charge in [-0.2, -0.15) is 0 Å². The van der Waals surface area contributed by atoms with Crippen LogP contribution in [0, 0.1) is 11.8 Å². The number of nitrogens with one attached hydrogen (secondary N) is 1. The van der Waals surface area contributed by atoms with Gasteiger partial charge in [0.05, 0.1) is 0 Å². The van der Waals surface area contributed by atoms with Crippen molar-refractivity contribution in [3.05, 3.63) is 0 Å². The Morgan fingerprint density at radius 2 is 2.18 bits per heavy atom. The summed E-state index contributed by atoms with van der Waals surface area (Å²) in [6.07, 6.45) is 0.568. The van der Waals surface area contributed by atoms with Gasteiger partial charge in [0.15, 0.2) is 0 Å². The highest BCUT2D eigenvalue weighted by Gasteiger charge is 2.29. The lowest BCUT2D eigenvalue weighted by Gasteiger charge is -2.34. The lowest BCUT2D eigenvalue weighted by Crippen LogP contribution is -2.47. The zero-order chi connectivity index (χ0) is 8.43. The molecule has 0 bridgehead atoms. The molecule has 0 radical (unpaired) electrons. The fourth-order valence-corrected chi connectivity index (χ4v) is 1.84. The number of hydrogen-bond acceptors (Lipinski definition) is 2. The molecule has 2 N–H and O–H groups in total. The van der Waals surface area contributed by atoms with E-state index in [0.717, 1.165) is 13.0 Å². The van der Waals surface area contributed by atoms with E-state index in [0.29, 0.717) is 11.8 Å². The highest BCUT2D eigenvalue weighted by Crippen LogP contribution is 2.25. The summed E-state index contributed by atoms with van der Waals surface area (Å²) in [6, 6.07) is 0. The lowest BCUT2D eigenvalue weighted by molar-refractivity contribution is 0.0284. The van der Waals surface area contributed by atoms with E-state index in [4.69, 9.17) is 11.6 Å². The lowest BCUT2D eigenvalue weighted by atomic mass is 9.87. The van der Waals surface area contributed by atoms with Gasteiger partial charge in [0.2, 0.25) is 0 Å². The summed E-state index contributed by atoms with van der Waals surface area (Å²) < 4.78 is 0. The first kappa shape index (κ1) is 9.30. The molecule has 1 rings (SSSR count). The molecular weight excluding hydrogens is 162 g/mol. The van der Waals surface area contributed by atoms with E-state index in [9.17, 15) is 5.11 Å². The first-order chi connectivity index (χ1) is 5.11. The molecule has 0 aromatic carbocycles.